The molecule has 0 aliphatic carbocycles. The van der Waals surface area contributed by atoms with Crippen LogP contribution in [0.2, 0.25) is 5.15 Å². The second kappa shape index (κ2) is 6.88. The molecule has 22 heavy (non-hydrogen) atoms. The van der Waals surface area contributed by atoms with E-state index in [1.54, 1.807) is 0 Å². The third-order valence-corrected chi connectivity index (χ3v) is 7.92. The highest BCUT2D eigenvalue weighted by atomic mass is 79.9. The Bertz CT molecular complexity index is 836. The van der Waals surface area contributed by atoms with E-state index in [4.69, 9.17) is 22.7 Å². The topological polar surface area (TPSA) is 96.9 Å². The van der Waals surface area contributed by atoms with Gasteiger partial charge in [-0.05, 0) is 27.7 Å². The van der Waals surface area contributed by atoms with Gasteiger partial charge in [-0.25, -0.2) is 13.4 Å². The lowest BCUT2D eigenvalue weighted by Crippen LogP contribution is -2.11. The summed E-state index contributed by atoms with van der Waals surface area (Å²) in [5, 5.41) is 9.28. The van der Waals surface area contributed by atoms with Crippen molar-refractivity contribution in [3.05, 3.63) is 32.1 Å². The maximum Gasteiger partial charge on any atom is 0.210 e. The molecule has 0 bridgehead atoms. The quantitative estimate of drug-likeness (QED) is 0.319. The highest BCUT2D eigenvalue weighted by Crippen LogP contribution is 2.38. The van der Waals surface area contributed by atoms with E-state index >= 15 is 0 Å². The highest BCUT2D eigenvalue weighted by molar-refractivity contribution is 9.10. The first kappa shape index (κ1) is 17.7. The smallest absolute Gasteiger partial charge is 0.210 e. The van der Waals surface area contributed by atoms with Crippen molar-refractivity contribution in [1.29, 1.82) is 5.41 Å². The molecule has 0 amide bonds. The van der Waals surface area contributed by atoms with Gasteiger partial charge in [0.25, 0.3) is 0 Å². The number of nitrogens with zero attached hydrogens (tertiary/aromatic N) is 1. The molecule has 118 valence electrons. The summed E-state index contributed by atoms with van der Waals surface area (Å²) in [6.45, 7) is 1.91. The largest absolute Gasteiger partial charge is 0.383 e. The summed E-state index contributed by atoms with van der Waals surface area (Å²) in [5.41, 5.74) is 5.53. The summed E-state index contributed by atoms with van der Waals surface area (Å²) in [7, 11) is -3.76. The number of halogens is 2. The van der Waals surface area contributed by atoms with Crippen LogP contribution in [0, 0.1) is 5.41 Å². The van der Waals surface area contributed by atoms with Crippen molar-refractivity contribution in [3.63, 3.8) is 0 Å². The Hall–Kier alpha value is -0.610. The van der Waals surface area contributed by atoms with Gasteiger partial charge in [0.05, 0.1) is 19.1 Å². The average molecular weight is 441 g/mol. The second-order valence-corrected chi connectivity index (χ2v) is 9.34. The number of nitrogens with two attached hydrogens (primary N) is 1. The maximum absolute atomic E-state index is 12.8. The van der Waals surface area contributed by atoms with Gasteiger partial charge in [-0.3, -0.25) is 5.41 Å². The molecule has 0 aliphatic heterocycles. The van der Waals surface area contributed by atoms with E-state index < -0.39 is 9.84 Å². The number of nitrogens with one attached hydrogen (secondary N) is 1. The number of thioether (sulfide) groups is 1. The fourth-order valence-electron chi connectivity index (χ4n) is 1.66. The van der Waals surface area contributed by atoms with Crippen molar-refractivity contribution < 1.29 is 8.42 Å². The van der Waals surface area contributed by atoms with E-state index in [-0.39, 0.29) is 20.8 Å². The lowest BCUT2D eigenvalue weighted by molar-refractivity contribution is 0.594. The van der Waals surface area contributed by atoms with Crippen LogP contribution in [0.5, 0.6) is 0 Å². The highest BCUT2D eigenvalue weighted by Gasteiger charge is 2.27. The summed E-state index contributed by atoms with van der Waals surface area (Å²) in [4.78, 5) is 5.01. The van der Waals surface area contributed by atoms with Crippen LogP contribution in [-0.2, 0) is 9.84 Å². The van der Waals surface area contributed by atoms with E-state index in [0.29, 0.717) is 20.0 Å². The first-order valence-electron chi connectivity index (χ1n) is 5.93. The van der Waals surface area contributed by atoms with Gasteiger partial charge < -0.3 is 5.73 Å². The molecule has 2 aromatic rings. The molecule has 5 nitrogen and oxygen atoms in total. The molecular weight excluding hydrogens is 430 g/mol. The number of rotatable bonds is 5. The summed E-state index contributed by atoms with van der Waals surface area (Å²) >= 11 is 11.5. The standard InChI is InChI=1S/C12H11BrClN3O2S3/c1-2-20-9-8(5-21-10(9)12(15)16)22(18,19)6-3-7(13)11(14)17-4-6/h3-5H,2H2,1H3,(H3,15,16). The predicted octanol–water partition coefficient (Wildman–Crippen LogP) is 3.79. The molecule has 10 heteroatoms. The average Bonchev–Trinajstić information content (AvgIpc) is 2.87. The van der Waals surface area contributed by atoms with Crippen LogP contribution in [0.3, 0.4) is 0 Å². The molecule has 0 radical (unpaired) electrons. The third-order valence-electron chi connectivity index (χ3n) is 2.62. The SMILES string of the molecule is CCSc1c(S(=O)(=O)c2cnc(Cl)c(Br)c2)csc1C(=N)N. The Kier molecular flexibility index (Phi) is 5.54. The first-order valence-corrected chi connectivity index (χ1v) is 10.5. The van der Waals surface area contributed by atoms with E-state index in [1.807, 2.05) is 6.92 Å². The van der Waals surface area contributed by atoms with Crippen LogP contribution in [-0.4, -0.2) is 25.0 Å². The molecule has 0 aliphatic rings. The molecule has 2 rings (SSSR count). The molecule has 0 unspecified atom stereocenters. The van der Waals surface area contributed by atoms with Crippen molar-refractivity contribution in [2.24, 2.45) is 5.73 Å². The molecule has 0 atom stereocenters. The zero-order valence-electron chi connectivity index (χ0n) is 11.3. The van der Waals surface area contributed by atoms with Crippen molar-refractivity contribution in [2.45, 2.75) is 21.6 Å². The number of aromatic nitrogens is 1. The van der Waals surface area contributed by atoms with Gasteiger partial charge in [0, 0.05) is 16.5 Å². The van der Waals surface area contributed by atoms with Crippen molar-refractivity contribution in [2.75, 3.05) is 5.75 Å². The third kappa shape index (κ3) is 3.33. The number of pyridine rings is 1. The van der Waals surface area contributed by atoms with Gasteiger partial charge in [-0.15, -0.1) is 23.1 Å². The summed E-state index contributed by atoms with van der Waals surface area (Å²) < 4.78 is 26.0. The molecule has 0 saturated heterocycles. The number of thiophene rings is 1. The number of hydrogen-bond donors (Lipinski definition) is 2. The van der Waals surface area contributed by atoms with Gasteiger partial charge in [-0.2, -0.15) is 0 Å². The van der Waals surface area contributed by atoms with Gasteiger partial charge >= 0.3 is 0 Å². The van der Waals surface area contributed by atoms with Crippen LogP contribution >= 0.6 is 50.6 Å². The normalized spacial score (nSPS) is 11.6. The molecule has 3 N–H and O–H groups in total. The van der Waals surface area contributed by atoms with Gasteiger partial charge in [0.15, 0.2) is 0 Å². The number of nitrogen functional groups attached to an aromatic ring is 1. The van der Waals surface area contributed by atoms with E-state index in [9.17, 15) is 8.42 Å². The van der Waals surface area contributed by atoms with Gasteiger partial charge in [0.2, 0.25) is 9.84 Å². The lowest BCUT2D eigenvalue weighted by atomic mass is 10.4. The van der Waals surface area contributed by atoms with E-state index in [0.717, 1.165) is 11.3 Å². The first-order chi connectivity index (χ1) is 10.3. The van der Waals surface area contributed by atoms with Crippen LogP contribution in [0.1, 0.15) is 11.8 Å². The molecular formula is C12H11BrClN3O2S3. The number of amidine groups is 1. The Balaban J connectivity index is 2.63. The fraction of sp³-hybridized carbons (Fsp3) is 0.167. The van der Waals surface area contributed by atoms with E-state index in [2.05, 4.69) is 20.9 Å². The van der Waals surface area contributed by atoms with Crippen molar-refractivity contribution >= 4 is 66.3 Å². The van der Waals surface area contributed by atoms with E-state index in [1.165, 1.54) is 29.4 Å². The minimum Gasteiger partial charge on any atom is -0.383 e. The zero-order valence-corrected chi connectivity index (χ0v) is 16.1. The Labute approximate surface area is 149 Å². The monoisotopic (exact) mass is 439 g/mol. The minimum absolute atomic E-state index is 0.0367. The summed E-state index contributed by atoms with van der Waals surface area (Å²) in [6, 6.07) is 1.41. The maximum atomic E-state index is 12.8. The van der Waals surface area contributed by atoms with Gasteiger partial charge in [0.1, 0.15) is 11.0 Å². The Morgan fingerprint density at radius 3 is 2.82 bits per heavy atom. The van der Waals surface area contributed by atoms with Crippen LogP contribution in [0.25, 0.3) is 0 Å². The zero-order chi connectivity index (χ0) is 16.5. The predicted molar refractivity (Wildman–Crippen MR) is 94.1 cm³/mol. The Morgan fingerprint density at radius 2 is 2.27 bits per heavy atom. The number of sulfone groups is 1. The molecule has 0 fully saturated rings. The fourth-order valence-corrected chi connectivity index (χ4v) is 6.36. The molecule has 0 saturated carbocycles. The molecule has 0 spiro atoms. The van der Waals surface area contributed by atoms with Crippen LogP contribution < -0.4 is 5.73 Å². The van der Waals surface area contributed by atoms with Crippen molar-refractivity contribution in [3.8, 4) is 0 Å². The second-order valence-electron chi connectivity index (χ2n) is 4.05. The molecule has 0 aromatic carbocycles. The Morgan fingerprint density at radius 1 is 1.59 bits per heavy atom. The minimum atomic E-state index is -3.76. The van der Waals surface area contributed by atoms with Crippen molar-refractivity contribution in [1.82, 2.24) is 4.98 Å². The van der Waals surface area contributed by atoms with Crippen LogP contribution in [0.15, 0.2) is 36.8 Å². The van der Waals surface area contributed by atoms with Gasteiger partial charge in [-0.1, -0.05) is 18.5 Å². The lowest BCUT2D eigenvalue weighted by Gasteiger charge is -2.07. The molecule has 2 heterocycles. The summed E-state index contributed by atoms with van der Waals surface area (Å²) in [6.07, 6.45) is 1.22. The number of hydrogen-bond acceptors (Lipinski definition) is 6. The summed E-state index contributed by atoms with van der Waals surface area (Å²) in [5.74, 6) is 0.528. The van der Waals surface area contributed by atoms with Crippen LogP contribution in [0.4, 0.5) is 0 Å². The molecule has 2 aromatic heterocycles.